The van der Waals surface area contributed by atoms with E-state index in [0.29, 0.717) is 5.56 Å². The lowest BCUT2D eigenvalue weighted by atomic mass is 9.88. The molecule has 0 saturated carbocycles. The summed E-state index contributed by atoms with van der Waals surface area (Å²) in [5.41, 5.74) is 11.6. The molecule has 2 aromatic carbocycles. The number of aryl methyl sites for hydroxylation is 3. The van der Waals surface area contributed by atoms with Crippen molar-refractivity contribution < 1.29 is 4.39 Å². The fourth-order valence-corrected chi connectivity index (χ4v) is 3.01. The molecule has 1 atom stereocenters. The zero-order valence-corrected chi connectivity index (χ0v) is 11.8. The first-order valence-electron chi connectivity index (χ1n) is 7.28. The van der Waals surface area contributed by atoms with Crippen molar-refractivity contribution in [2.75, 3.05) is 0 Å². The van der Waals surface area contributed by atoms with Crippen LogP contribution >= 0.6 is 0 Å². The molecule has 2 aromatic rings. The average molecular weight is 269 g/mol. The van der Waals surface area contributed by atoms with Crippen molar-refractivity contribution in [3.63, 3.8) is 0 Å². The van der Waals surface area contributed by atoms with Gasteiger partial charge in [-0.05, 0) is 60.9 Å². The molecule has 0 heterocycles. The van der Waals surface area contributed by atoms with Gasteiger partial charge in [-0.15, -0.1) is 0 Å². The van der Waals surface area contributed by atoms with Gasteiger partial charge in [-0.3, -0.25) is 0 Å². The van der Waals surface area contributed by atoms with Gasteiger partial charge in [0.1, 0.15) is 5.82 Å². The predicted molar refractivity (Wildman–Crippen MR) is 80.3 cm³/mol. The molecule has 1 aliphatic carbocycles. The molecular weight excluding hydrogens is 249 g/mol. The maximum absolute atomic E-state index is 14.0. The number of fused-ring (bicyclic) bond motifs is 1. The van der Waals surface area contributed by atoms with Crippen molar-refractivity contribution >= 4 is 0 Å². The van der Waals surface area contributed by atoms with Gasteiger partial charge in [0.2, 0.25) is 0 Å². The van der Waals surface area contributed by atoms with Crippen LogP contribution in [0, 0.1) is 12.7 Å². The number of benzene rings is 2. The van der Waals surface area contributed by atoms with E-state index >= 15 is 0 Å². The van der Waals surface area contributed by atoms with Crippen LogP contribution in [0.5, 0.6) is 0 Å². The Morgan fingerprint density at radius 2 is 1.75 bits per heavy atom. The average Bonchev–Trinajstić information content (AvgIpc) is 2.46. The fourth-order valence-electron chi connectivity index (χ4n) is 3.01. The van der Waals surface area contributed by atoms with Crippen LogP contribution in [0.4, 0.5) is 4.39 Å². The minimum atomic E-state index is -0.386. The second kappa shape index (κ2) is 5.37. The minimum Gasteiger partial charge on any atom is -0.320 e. The van der Waals surface area contributed by atoms with Gasteiger partial charge in [-0.2, -0.15) is 0 Å². The van der Waals surface area contributed by atoms with Crippen molar-refractivity contribution in [1.82, 2.24) is 0 Å². The van der Waals surface area contributed by atoms with Gasteiger partial charge in [0.25, 0.3) is 0 Å². The van der Waals surface area contributed by atoms with Crippen LogP contribution in [0.15, 0.2) is 36.4 Å². The predicted octanol–water partition coefficient (Wildman–Crippen LogP) is 4.06. The van der Waals surface area contributed by atoms with Crippen LogP contribution in [0.25, 0.3) is 0 Å². The second-order valence-electron chi connectivity index (χ2n) is 5.74. The van der Waals surface area contributed by atoms with E-state index in [4.69, 9.17) is 5.73 Å². The standard InChI is InChI=1S/C18H20FN/c1-12-6-9-16(17(19)10-12)18(20)15-8-7-13-4-2-3-5-14(13)11-15/h6-11,18H,2-5,20H2,1H3. The first kappa shape index (κ1) is 13.3. The molecule has 20 heavy (non-hydrogen) atoms. The van der Waals surface area contributed by atoms with E-state index in [-0.39, 0.29) is 11.9 Å². The number of nitrogens with two attached hydrogens (primary N) is 1. The van der Waals surface area contributed by atoms with Crippen LogP contribution in [-0.4, -0.2) is 0 Å². The highest BCUT2D eigenvalue weighted by atomic mass is 19.1. The maximum Gasteiger partial charge on any atom is 0.128 e. The topological polar surface area (TPSA) is 26.0 Å². The Balaban J connectivity index is 1.95. The highest BCUT2D eigenvalue weighted by Crippen LogP contribution is 2.28. The molecular formula is C18H20FN. The maximum atomic E-state index is 14.0. The Morgan fingerprint density at radius 3 is 2.50 bits per heavy atom. The van der Waals surface area contributed by atoms with Crippen LogP contribution in [0.2, 0.25) is 0 Å². The van der Waals surface area contributed by atoms with Gasteiger partial charge < -0.3 is 5.73 Å². The van der Waals surface area contributed by atoms with E-state index in [1.807, 2.05) is 19.1 Å². The molecule has 0 bridgehead atoms. The van der Waals surface area contributed by atoms with Crippen molar-refractivity contribution in [3.05, 3.63) is 70.0 Å². The number of hydrogen-bond donors (Lipinski definition) is 1. The van der Waals surface area contributed by atoms with Gasteiger partial charge in [0.15, 0.2) is 0 Å². The van der Waals surface area contributed by atoms with Gasteiger partial charge >= 0.3 is 0 Å². The lowest BCUT2D eigenvalue weighted by molar-refractivity contribution is 0.598. The first-order valence-corrected chi connectivity index (χ1v) is 7.28. The Bertz CT molecular complexity index is 633. The quantitative estimate of drug-likeness (QED) is 0.874. The van der Waals surface area contributed by atoms with E-state index < -0.39 is 0 Å². The molecule has 0 radical (unpaired) electrons. The fraction of sp³-hybridized carbons (Fsp3) is 0.333. The third-order valence-corrected chi connectivity index (χ3v) is 4.22. The molecule has 1 nitrogen and oxygen atoms in total. The molecule has 0 amide bonds. The molecule has 0 aromatic heterocycles. The van der Waals surface area contributed by atoms with Crippen molar-refractivity contribution in [1.29, 1.82) is 0 Å². The molecule has 2 heteroatoms. The molecule has 3 rings (SSSR count). The summed E-state index contributed by atoms with van der Waals surface area (Å²) < 4.78 is 14.0. The lowest BCUT2D eigenvalue weighted by Crippen LogP contribution is -2.15. The smallest absolute Gasteiger partial charge is 0.128 e. The first-order chi connectivity index (χ1) is 9.65. The summed E-state index contributed by atoms with van der Waals surface area (Å²) in [4.78, 5) is 0. The largest absolute Gasteiger partial charge is 0.320 e. The monoisotopic (exact) mass is 269 g/mol. The SMILES string of the molecule is Cc1ccc(C(N)c2ccc3c(c2)CCCC3)c(F)c1. The van der Waals surface area contributed by atoms with Gasteiger partial charge in [-0.1, -0.05) is 30.3 Å². The van der Waals surface area contributed by atoms with Gasteiger partial charge in [0, 0.05) is 5.56 Å². The molecule has 0 spiro atoms. The lowest BCUT2D eigenvalue weighted by Gasteiger charge is -2.20. The van der Waals surface area contributed by atoms with Crippen molar-refractivity contribution in [3.8, 4) is 0 Å². The van der Waals surface area contributed by atoms with Crippen LogP contribution < -0.4 is 5.73 Å². The summed E-state index contributed by atoms with van der Waals surface area (Å²) in [6, 6.07) is 11.3. The molecule has 1 aliphatic rings. The van der Waals surface area contributed by atoms with E-state index in [0.717, 1.165) is 24.0 Å². The molecule has 0 fully saturated rings. The Hall–Kier alpha value is -1.67. The van der Waals surface area contributed by atoms with Crippen molar-refractivity contribution in [2.24, 2.45) is 5.73 Å². The van der Waals surface area contributed by atoms with E-state index in [1.165, 1.54) is 24.0 Å². The molecule has 1 unspecified atom stereocenters. The minimum absolute atomic E-state index is 0.213. The molecule has 0 aliphatic heterocycles. The Labute approximate surface area is 119 Å². The second-order valence-corrected chi connectivity index (χ2v) is 5.74. The third kappa shape index (κ3) is 2.48. The summed E-state index contributed by atoms with van der Waals surface area (Å²) in [5, 5.41) is 0. The van der Waals surface area contributed by atoms with Gasteiger partial charge in [-0.25, -0.2) is 4.39 Å². The Kier molecular flexibility index (Phi) is 3.58. The molecule has 2 N–H and O–H groups in total. The number of halogens is 1. The number of rotatable bonds is 2. The van der Waals surface area contributed by atoms with E-state index in [9.17, 15) is 4.39 Å². The van der Waals surface area contributed by atoms with Crippen LogP contribution in [0.1, 0.15) is 46.7 Å². The number of hydrogen-bond acceptors (Lipinski definition) is 1. The highest BCUT2D eigenvalue weighted by Gasteiger charge is 2.16. The van der Waals surface area contributed by atoms with E-state index in [1.54, 1.807) is 12.1 Å². The summed E-state index contributed by atoms with van der Waals surface area (Å²) in [7, 11) is 0. The van der Waals surface area contributed by atoms with E-state index in [2.05, 4.69) is 12.1 Å². The Morgan fingerprint density at radius 1 is 1.00 bits per heavy atom. The van der Waals surface area contributed by atoms with Crippen molar-refractivity contribution in [2.45, 2.75) is 38.6 Å². The molecule has 104 valence electrons. The summed E-state index contributed by atoms with van der Waals surface area (Å²) >= 11 is 0. The zero-order chi connectivity index (χ0) is 14.1. The van der Waals surface area contributed by atoms with Crippen LogP contribution in [-0.2, 0) is 12.8 Å². The van der Waals surface area contributed by atoms with Gasteiger partial charge in [0.05, 0.1) is 6.04 Å². The summed E-state index contributed by atoms with van der Waals surface area (Å²) in [6.45, 7) is 1.89. The summed E-state index contributed by atoms with van der Waals surface area (Å²) in [6.07, 6.45) is 4.78. The molecule has 0 saturated heterocycles. The zero-order valence-electron chi connectivity index (χ0n) is 11.8. The highest BCUT2D eigenvalue weighted by molar-refractivity contribution is 5.39. The van der Waals surface area contributed by atoms with Crippen LogP contribution in [0.3, 0.4) is 0 Å². The third-order valence-electron chi connectivity index (χ3n) is 4.22. The summed E-state index contributed by atoms with van der Waals surface area (Å²) in [5.74, 6) is -0.213. The normalized spacial score (nSPS) is 15.8.